The van der Waals surface area contributed by atoms with Gasteiger partial charge in [0.2, 0.25) is 11.8 Å². The number of nitrogens with one attached hydrogen (secondary N) is 3. The molecule has 1 aliphatic heterocycles. The van der Waals surface area contributed by atoms with Crippen molar-refractivity contribution in [3.05, 3.63) is 70.3 Å². The highest BCUT2D eigenvalue weighted by Crippen LogP contribution is 2.33. The largest absolute Gasteiger partial charge is 0.347 e. The van der Waals surface area contributed by atoms with Gasteiger partial charge in [-0.15, -0.1) is 0 Å². The summed E-state index contributed by atoms with van der Waals surface area (Å²) in [4.78, 5) is 30.3. The minimum atomic E-state index is -0.553. The maximum Gasteiger partial charge on any atom is 0.243 e. The molecule has 0 aromatic heterocycles. The number of aryl methyl sites for hydroxylation is 1. The zero-order valence-electron chi connectivity index (χ0n) is 25.9. The minimum Gasteiger partial charge on any atom is -0.347 e. The standard InChI is InChI=1S/C34H50N4O2/c1-22(35-8)20-36-30(34(5,6)7)32(40)38-21-25-18-26(33(2,3)4)17-16-24(25)19-29(38)31(39)37-28-15-11-13-23-12-9-10-14-27(23)28/h9-10,12,14,16-18,22,28-30,35-36H,11,13,15,19-21H2,1-8H3,(H,37,39)/t22?,28-,29+,30?/m1/s1. The first-order valence-electron chi connectivity index (χ1n) is 15.0. The molecule has 0 saturated carbocycles. The number of benzene rings is 2. The van der Waals surface area contributed by atoms with Gasteiger partial charge in [0.15, 0.2) is 0 Å². The van der Waals surface area contributed by atoms with Crippen LogP contribution in [0.25, 0.3) is 0 Å². The molecular weight excluding hydrogens is 496 g/mol. The second-order valence-electron chi connectivity index (χ2n) is 14.0. The average Bonchev–Trinajstić information content (AvgIpc) is 2.90. The van der Waals surface area contributed by atoms with Crippen molar-refractivity contribution < 1.29 is 9.59 Å². The molecule has 6 nitrogen and oxygen atoms in total. The molecule has 6 heteroatoms. The van der Waals surface area contributed by atoms with E-state index in [4.69, 9.17) is 0 Å². The molecule has 2 aromatic rings. The molecule has 2 aromatic carbocycles. The Balaban J connectivity index is 1.67. The first-order valence-corrected chi connectivity index (χ1v) is 15.0. The van der Waals surface area contributed by atoms with Crippen LogP contribution in [0.3, 0.4) is 0 Å². The van der Waals surface area contributed by atoms with Crippen molar-refractivity contribution in [2.75, 3.05) is 13.6 Å². The molecule has 0 radical (unpaired) electrons. The number of carbonyl (C=O) groups is 2. The maximum atomic E-state index is 14.4. The van der Waals surface area contributed by atoms with Crippen LogP contribution in [-0.4, -0.2) is 48.4 Å². The normalized spacial score (nSPS) is 20.8. The van der Waals surface area contributed by atoms with Crippen LogP contribution in [-0.2, 0) is 34.4 Å². The predicted octanol–water partition coefficient (Wildman–Crippen LogP) is 5.04. The number of carbonyl (C=O) groups excluding carboxylic acids is 2. The Morgan fingerprint density at radius 3 is 2.40 bits per heavy atom. The lowest BCUT2D eigenvalue weighted by molar-refractivity contribution is -0.146. The van der Waals surface area contributed by atoms with Gasteiger partial charge in [-0.2, -0.15) is 0 Å². The van der Waals surface area contributed by atoms with Crippen LogP contribution in [0.5, 0.6) is 0 Å². The molecule has 40 heavy (non-hydrogen) atoms. The van der Waals surface area contributed by atoms with E-state index in [1.807, 2.05) is 11.9 Å². The van der Waals surface area contributed by atoms with Crippen molar-refractivity contribution in [3.63, 3.8) is 0 Å². The van der Waals surface area contributed by atoms with E-state index in [1.165, 1.54) is 16.7 Å². The Kier molecular flexibility index (Phi) is 9.11. The molecule has 0 fully saturated rings. The van der Waals surface area contributed by atoms with Gasteiger partial charge in [-0.1, -0.05) is 84.0 Å². The maximum absolute atomic E-state index is 14.4. The van der Waals surface area contributed by atoms with E-state index in [1.54, 1.807) is 0 Å². The number of amides is 2. The highest BCUT2D eigenvalue weighted by atomic mass is 16.2. The summed E-state index contributed by atoms with van der Waals surface area (Å²) in [6.07, 6.45) is 3.54. The first kappa shape index (κ1) is 30.3. The molecule has 1 aliphatic carbocycles. The first-order chi connectivity index (χ1) is 18.8. The highest BCUT2D eigenvalue weighted by molar-refractivity contribution is 5.91. The Hall–Kier alpha value is -2.70. The molecule has 0 spiro atoms. The van der Waals surface area contributed by atoms with Crippen LogP contribution in [0.4, 0.5) is 0 Å². The Bertz CT molecular complexity index is 1210. The smallest absolute Gasteiger partial charge is 0.243 e. The molecule has 4 atom stereocenters. The van der Waals surface area contributed by atoms with Crippen molar-refractivity contribution in [2.45, 2.75) is 110 Å². The van der Waals surface area contributed by atoms with E-state index in [2.05, 4.69) is 107 Å². The predicted molar refractivity (Wildman–Crippen MR) is 163 cm³/mol. The summed E-state index contributed by atoms with van der Waals surface area (Å²) in [5, 5.41) is 10.2. The molecule has 218 valence electrons. The zero-order chi connectivity index (χ0) is 29.2. The van der Waals surface area contributed by atoms with E-state index in [0.29, 0.717) is 19.5 Å². The lowest BCUT2D eigenvalue weighted by atomic mass is 9.81. The van der Waals surface area contributed by atoms with E-state index < -0.39 is 12.1 Å². The fourth-order valence-corrected chi connectivity index (χ4v) is 6.01. The van der Waals surface area contributed by atoms with Gasteiger partial charge in [-0.05, 0) is 71.9 Å². The van der Waals surface area contributed by atoms with Gasteiger partial charge < -0.3 is 20.9 Å². The zero-order valence-corrected chi connectivity index (χ0v) is 25.9. The SMILES string of the molecule is CNC(C)CNC(C(=O)N1Cc2cc(C(C)(C)C)ccc2C[C@H]1C(=O)N[C@@H]1CCCc2ccccc21)C(C)(C)C. The van der Waals surface area contributed by atoms with Gasteiger partial charge in [-0.25, -0.2) is 0 Å². The van der Waals surface area contributed by atoms with Gasteiger partial charge in [0.05, 0.1) is 12.1 Å². The van der Waals surface area contributed by atoms with Gasteiger partial charge in [-0.3, -0.25) is 9.59 Å². The lowest BCUT2D eigenvalue weighted by Gasteiger charge is -2.42. The summed E-state index contributed by atoms with van der Waals surface area (Å²) in [7, 11) is 1.93. The van der Waals surface area contributed by atoms with E-state index in [0.717, 1.165) is 30.4 Å². The number of nitrogens with zero attached hydrogens (tertiary/aromatic N) is 1. The summed E-state index contributed by atoms with van der Waals surface area (Å²) in [5.41, 5.74) is 5.75. The molecule has 3 N–H and O–H groups in total. The Morgan fingerprint density at radius 1 is 1.00 bits per heavy atom. The summed E-state index contributed by atoms with van der Waals surface area (Å²) in [5.74, 6) is -0.0661. The number of fused-ring (bicyclic) bond motifs is 2. The fraction of sp³-hybridized carbons (Fsp3) is 0.588. The minimum absolute atomic E-state index is 0.00522. The molecule has 4 rings (SSSR count). The second-order valence-corrected chi connectivity index (χ2v) is 14.0. The van der Waals surface area contributed by atoms with Crippen molar-refractivity contribution in [1.29, 1.82) is 0 Å². The molecule has 2 amide bonds. The number of likely N-dealkylation sites (N-methyl/N-ethyl adjacent to an activating group) is 1. The molecule has 1 heterocycles. The topological polar surface area (TPSA) is 73.5 Å². The van der Waals surface area contributed by atoms with Crippen LogP contribution >= 0.6 is 0 Å². The Morgan fingerprint density at radius 2 is 1.73 bits per heavy atom. The lowest BCUT2D eigenvalue weighted by Crippen LogP contribution is -2.61. The van der Waals surface area contributed by atoms with Crippen LogP contribution < -0.4 is 16.0 Å². The van der Waals surface area contributed by atoms with Crippen molar-refractivity contribution in [1.82, 2.24) is 20.9 Å². The van der Waals surface area contributed by atoms with Crippen molar-refractivity contribution in [3.8, 4) is 0 Å². The summed E-state index contributed by atoms with van der Waals surface area (Å²) in [6.45, 7) is 16.1. The van der Waals surface area contributed by atoms with Gasteiger partial charge >= 0.3 is 0 Å². The van der Waals surface area contributed by atoms with Crippen LogP contribution in [0.1, 0.15) is 95.2 Å². The number of rotatable bonds is 7. The third-order valence-corrected chi connectivity index (χ3v) is 8.71. The third kappa shape index (κ3) is 6.77. The quantitative estimate of drug-likeness (QED) is 0.455. The van der Waals surface area contributed by atoms with E-state index in [9.17, 15) is 9.59 Å². The summed E-state index contributed by atoms with van der Waals surface area (Å²) in [6, 6.07) is 14.2. The molecule has 0 saturated heterocycles. The van der Waals surface area contributed by atoms with Gasteiger partial charge in [0.1, 0.15) is 6.04 Å². The van der Waals surface area contributed by atoms with Gasteiger partial charge in [0.25, 0.3) is 0 Å². The van der Waals surface area contributed by atoms with E-state index >= 15 is 0 Å². The van der Waals surface area contributed by atoms with E-state index in [-0.39, 0.29) is 34.7 Å². The molecule has 2 unspecified atom stereocenters. The third-order valence-electron chi connectivity index (χ3n) is 8.71. The molecule has 2 aliphatic rings. The summed E-state index contributed by atoms with van der Waals surface area (Å²) >= 11 is 0. The second kappa shape index (κ2) is 12.0. The van der Waals surface area contributed by atoms with Crippen LogP contribution in [0.2, 0.25) is 0 Å². The number of hydrogen-bond acceptors (Lipinski definition) is 4. The monoisotopic (exact) mass is 546 g/mol. The van der Waals surface area contributed by atoms with Gasteiger partial charge in [0, 0.05) is 25.6 Å². The average molecular weight is 547 g/mol. The van der Waals surface area contributed by atoms with Crippen molar-refractivity contribution >= 4 is 11.8 Å². The number of hydrogen-bond donors (Lipinski definition) is 3. The van der Waals surface area contributed by atoms with Crippen LogP contribution in [0, 0.1) is 5.41 Å². The highest BCUT2D eigenvalue weighted by Gasteiger charge is 2.42. The Labute approximate surface area is 241 Å². The van der Waals surface area contributed by atoms with Crippen molar-refractivity contribution in [2.24, 2.45) is 5.41 Å². The van der Waals surface area contributed by atoms with Crippen LogP contribution in [0.15, 0.2) is 42.5 Å². The molecule has 0 bridgehead atoms. The fourth-order valence-electron chi connectivity index (χ4n) is 6.01. The molecular formula is C34H50N4O2. The summed E-state index contributed by atoms with van der Waals surface area (Å²) < 4.78 is 0.